The number of benzene rings is 1. The Bertz CT molecular complexity index is 465. The molecule has 0 amide bonds. The number of carbonyl (C=O) groups excluding carboxylic acids is 1. The van der Waals surface area contributed by atoms with Crippen molar-refractivity contribution in [3.8, 4) is 5.75 Å². The van der Waals surface area contributed by atoms with E-state index in [1.807, 2.05) is 0 Å². The molecule has 0 bridgehead atoms. The number of aliphatic hydroxyl groups is 1. The number of rotatable bonds is 7. The summed E-state index contributed by atoms with van der Waals surface area (Å²) in [7, 11) is 0. The van der Waals surface area contributed by atoms with Gasteiger partial charge in [0.1, 0.15) is 18.5 Å². The molecule has 0 spiro atoms. The van der Waals surface area contributed by atoms with Gasteiger partial charge in [-0.1, -0.05) is 32.9 Å². The molecule has 0 aliphatic carbocycles. The summed E-state index contributed by atoms with van der Waals surface area (Å²) in [6.45, 7) is 10.8. The Balaban J connectivity index is 2.41. The molecule has 0 fully saturated rings. The average molecular weight is 293 g/mol. The van der Waals surface area contributed by atoms with Gasteiger partial charge in [-0.05, 0) is 31.4 Å². The van der Waals surface area contributed by atoms with Crippen molar-refractivity contribution in [1.82, 2.24) is 5.32 Å². The van der Waals surface area contributed by atoms with Gasteiger partial charge in [-0.25, -0.2) is 0 Å². The molecule has 21 heavy (non-hydrogen) atoms. The maximum Gasteiger partial charge on any atom is 0.159 e. The van der Waals surface area contributed by atoms with E-state index in [-0.39, 0.29) is 17.8 Å². The van der Waals surface area contributed by atoms with Gasteiger partial charge in [-0.2, -0.15) is 0 Å². The Morgan fingerprint density at radius 2 is 2.05 bits per heavy atom. The van der Waals surface area contributed by atoms with Gasteiger partial charge >= 0.3 is 0 Å². The van der Waals surface area contributed by atoms with Crippen molar-refractivity contribution in [3.05, 3.63) is 29.8 Å². The molecule has 1 rings (SSSR count). The Labute approximate surface area is 127 Å². The predicted octanol–water partition coefficient (Wildman–Crippen LogP) is 2.65. The van der Waals surface area contributed by atoms with E-state index in [0.717, 1.165) is 0 Å². The summed E-state index contributed by atoms with van der Waals surface area (Å²) in [6, 6.07) is 7.30. The third-order valence-electron chi connectivity index (χ3n) is 3.64. The number of nitrogens with one attached hydrogen (secondary N) is 1. The van der Waals surface area contributed by atoms with Crippen LogP contribution in [-0.2, 0) is 0 Å². The SMILES string of the molecule is CC(=O)c1cccc(OCC(O)CNC(C)C(C)(C)C)c1. The fraction of sp³-hybridized carbons (Fsp3) is 0.588. The number of carbonyl (C=O) groups is 1. The zero-order chi connectivity index (χ0) is 16.0. The van der Waals surface area contributed by atoms with E-state index in [9.17, 15) is 9.90 Å². The first kappa shape index (κ1) is 17.7. The van der Waals surface area contributed by atoms with E-state index >= 15 is 0 Å². The first-order valence-corrected chi connectivity index (χ1v) is 7.35. The second-order valence-corrected chi connectivity index (χ2v) is 6.54. The molecule has 2 N–H and O–H groups in total. The Morgan fingerprint density at radius 1 is 1.38 bits per heavy atom. The summed E-state index contributed by atoms with van der Waals surface area (Å²) in [5.41, 5.74) is 0.762. The first-order valence-electron chi connectivity index (χ1n) is 7.35. The van der Waals surface area contributed by atoms with Crippen LogP contribution in [0.5, 0.6) is 5.75 Å². The van der Waals surface area contributed by atoms with Crippen molar-refractivity contribution in [3.63, 3.8) is 0 Å². The molecule has 0 saturated carbocycles. The molecule has 0 saturated heterocycles. The lowest BCUT2D eigenvalue weighted by Crippen LogP contribution is -2.42. The lowest BCUT2D eigenvalue weighted by atomic mass is 9.88. The maximum atomic E-state index is 11.3. The quantitative estimate of drug-likeness (QED) is 0.759. The van der Waals surface area contributed by atoms with Crippen molar-refractivity contribution < 1.29 is 14.6 Å². The Hall–Kier alpha value is -1.39. The fourth-order valence-corrected chi connectivity index (χ4v) is 1.68. The molecule has 4 nitrogen and oxygen atoms in total. The Kier molecular flexibility index (Phi) is 6.37. The van der Waals surface area contributed by atoms with Crippen LogP contribution in [-0.4, -0.2) is 36.2 Å². The van der Waals surface area contributed by atoms with Crippen LogP contribution in [0.25, 0.3) is 0 Å². The van der Waals surface area contributed by atoms with Gasteiger partial charge in [0.2, 0.25) is 0 Å². The summed E-state index contributed by atoms with van der Waals surface area (Å²) in [6.07, 6.45) is -0.587. The van der Waals surface area contributed by atoms with Crippen molar-refractivity contribution in [2.24, 2.45) is 5.41 Å². The van der Waals surface area contributed by atoms with Crippen LogP contribution in [0.2, 0.25) is 0 Å². The number of ether oxygens (including phenoxy) is 1. The first-order chi connectivity index (χ1) is 9.70. The van der Waals surface area contributed by atoms with Crippen LogP contribution in [0, 0.1) is 5.41 Å². The largest absolute Gasteiger partial charge is 0.491 e. The molecule has 4 heteroatoms. The molecule has 0 heterocycles. The molecule has 0 aliphatic heterocycles. The van der Waals surface area contributed by atoms with Gasteiger partial charge in [0, 0.05) is 18.2 Å². The number of Topliss-reactive ketones (excluding diaryl/α,β-unsaturated/α-hetero) is 1. The highest BCUT2D eigenvalue weighted by Crippen LogP contribution is 2.18. The summed E-state index contributed by atoms with van der Waals surface area (Å²) < 4.78 is 5.53. The minimum Gasteiger partial charge on any atom is -0.491 e. The Morgan fingerprint density at radius 3 is 2.62 bits per heavy atom. The van der Waals surface area contributed by atoms with E-state index in [1.54, 1.807) is 24.3 Å². The van der Waals surface area contributed by atoms with E-state index in [4.69, 9.17) is 4.74 Å². The zero-order valence-electron chi connectivity index (χ0n) is 13.6. The monoisotopic (exact) mass is 293 g/mol. The van der Waals surface area contributed by atoms with Crippen molar-refractivity contribution in [2.75, 3.05) is 13.2 Å². The number of aliphatic hydroxyl groups excluding tert-OH is 1. The van der Waals surface area contributed by atoms with Crippen LogP contribution >= 0.6 is 0 Å². The third-order valence-corrected chi connectivity index (χ3v) is 3.64. The van der Waals surface area contributed by atoms with Crippen molar-refractivity contribution in [1.29, 1.82) is 0 Å². The molecule has 0 aromatic heterocycles. The smallest absolute Gasteiger partial charge is 0.159 e. The number of hydrogen-bond donors (Lipinski definition) is 2. The summed E-state index contributed by atoms with van der Waals surface area (Å²) in [4.78, 5) is 11.3. The minimum atomic E-state index is -0.587. The van der Waals surface area contributed by atoms with Crippen LogP contribution < -0.4 is 10.1 Å². The normalized spacial score (nSPS) is 14.6. The molecule has 2 unspecified atom stereocenters. The standard InChI is InChI=1S/C17H27NO3/c1-12(19)14-7-6-8-16(9-14)21-11-15(20)10-18-13(2)17(3,4)5/h6-9,13,15,18,20H,10-11H2,1-5H3. The number of hydrogen-bond acceptors (Lipinski definition) is 4. The average Bonchev–Trinajstić information content (AvgIpc) is 2.41. The molecule has 0 aliphatic rings. The van der Waals surface area contributed by atoms with E-state index in [2.05, 4.69) is 33.0 Å². The van der Waals surface area contributed by atoms with Crippen LogP contribution in [0.15, 0.2) is 24.3 Å². The molecule has 2 atom stereocenters. The van der Waals surface area contributed by atoms with E-state index in [1.165, 1.54) is 6.92 Å². The maximum absolute atomic E-state index is 11.3. The number of ketones is 1. The topological polar surface area (TPSA) is 58.6 Å². The molecular weight excluding hydrogens is 266 g/mol. The predicted molar refractivity (Wildman–Crippen MR) is 84.9 cm³/mol. The highest BCUT2D eigenvalue weighted by Gasteiger charge is 2.20. The van der Waals surface area contributed by atoms with Gasteiger partial charge in [0.05, 0.1) is 0 Å². The van der Waals surface area contributed by atoms with E-state index in [0.29, 0.717) is 23.9 Å². The lowest BCUT2D eigenvalue weighted by molar-refractivity contribution is 0.0981. The van der Waals surface area contributed by atoms with Crippen LogP contribution in [0.1, 0.15) is 45.0 Å². The molecular formula is C17H27NO3. The summed E-state index contributed by atoms with van der Waals surface area (Å²) >= 11 is 0. The third kappa shape index (κ3) is 6.27. The zero-order valence-corrected chi connectivity index (χ0v) is 13.6. The van der Waals surface area contributed by atoms with E-state index < -0.39 is 6.10 Å². The van der Waals surface area contributed by atoms with Gasteiger partial charge < -0.3 is 15.2 Å². The van der Waals surface area contributed by atoms with Gasteiger partial charge in [-0.3, -0.25) is 4.79 Å². The molecule has 1 aromatic rings. The fourth-order valence-electron chi connectivity index (χ4n) is 1.68. The second-order valence-electron chi connectivity index (χ2n) is 6.54. The highest BCUT2D eigenvalue weighted by molar-refractivity contribution is 5.94. The second kappa shape index (κ2) is 7.57. The van der Waals surface area contributed by atoms with Crippen LogP contribution in [0.3, 0.4) is 0 Å². The minimum absolute atomic E-state index is 0.00154. The molecule has 0 radical (unpaired) electrons. The summed E-state index contributed by atoms with van der Waals surface area (Å²) in [5, 5.41) is 13.3. The summed E-state index contributed by atoms with van der Waals surface area (Å²) in [5.74, 6) is 0.604. The highest BCUT2D eigenvalue weighted by atomic mass is 16.5. The van der Waals surface area contributed by atoms with Crippen molar-refractivity contribution >= 4 is 5.78 Å². The van der Waals surface area contributed by atoms with Gasteiger partial charge in [0.25, 0.3) is 0 Å². The molecule has 1 aromatic carbocycles. The van der Waals surface area contributed by atoms with Crippen molar-refractivity contribution in [2.45, 2.75) is 46.8 Å². The lowest BCUT2D eigenvalue weighted by Gasteiger charge is -2.29. The van der Waals surface area contributed by atoms with Crippen LogP contribution in [0.4, 0.5) is 0 Å². The molecule has 118 valence electrons. The van der Waals surface area contributed by atoms with Gasteiger partial charge in [-0.15, -0.1) is 0 Å². The van der Waals surface area contributed by atoms with Gasteiger partial charge in [0.15, 0.2) is 5.78 Å².